The topological polar surface area (TPSA) is 38.7 Å². The maximum absolute atomic E-state index is 4.99. The van der Waals surface area contributed by atoms with Gasteiger partial charge in [0.1, 0.15) is 0 Å². The molecule has 1 heterocycles. The lowest BCUT2D eigenvalue weighted by atomic mass is 9.97. The van der Waals surface area contributed by atoms with Crippen molar-refractivity contribution in [3.05, 3.63) is 138 Å². The molecule has 0 radical (unpaired) electrons. The molecule has 1 aliphatic rings. The van der Waals surface area contributed by atoms with Gasteiger partial charge in [-0.25, -0.2) is 15.0 Å². The van der Waals surface area contributed by atoms with Crippen molar-refractivity contribution in [2.45, 2.75) is 20.3 Å². The maximum atomic E-state index is 4.99. The lowest BCUT2D eigenvalue weighted by Crippen LogP contribution is -2.01. The molecule has 0 amide bonds. The number of aryl methyl sites for hydroxylation is 2. The van der Waals surface area contributed by atoms with Crippen LogP contribution in [-0.2, 0) is 6.42 Å². The first kappa shape index (κ1) is 23.2. The second-order valence-electron chi connectivity index (χ2n) is 10.2. The van der Waals surface area contributed by atoms with E-state index in [1.807, 2.05) is 24.3 Å². The van der Waals surface area contributed by atoms with Crippen molar-refractivity contribution >= 4 is 0 Å². The summed E-state index contributed by atoms with van der Waals surface area (Å²) >= 11 is 0. The summed E-state index contributed by atoms with van der Waals surface area (Å²) in [6, 6.07) is 40.6. The summed E-state index contributed by atoms with van der Waals surface area (Å²) in [7, 11) is 0. The minimum absolute atomic E-state index is 0.676. The molecule has 6 aromatic rings. The third-order valence-corrected chi connectivity index (χ3v) is 7.66. The number of benzene rings is 5. The predicted octanol–water partition coefficient (Wildman–Crippen LogP) is 8.73. The summed E-state index contributed by atoms with van der Waals surface area (Å²) in [6.07, 6.45) is 1.00. The van der Waals surface area contributed by atoms with E-state index in [0.29, 0.717) is 17.5 Å². The SMILES string of the molecule is Cc1ccccc1-c1nc(-c2cccc(-c3ccc4c(c3)-c3ccccc3C4)c2)nc(-c2ccccc2C)n1. The number of aromatic nitrogens is 3. The van der Waals surface area contributed by atoms with Crippen molar-refractivity contribution in [2.24, 2.45) is 0 Å². The van der Waals surface area contributed by atoms with Crippen LogP contribution in [0, 0.1) is 13.8 Å². The Morgan fingerprint density at radius 1 is 0.410 bits per heavy atom. The van der Waals surface area contributed by atoms with E-state index in [4.69, 9.17) is 15.0 Å². The molecule has 0 spiro atoms. The molecule has 0 fully saturated rings. The second-order valence-corrected chi connectivity index (χ2v) is 10.2. The molecule has 39 heavy (non-hydrogen) atoms. The molecule has 0 N–H and O–H groups in total. The van der Waals surface area contributed by atoms with Crippen LogP contribution >= 0.6 is 0 Å². The van der Waals surface area contributed by atoms with E-state index in [0.717, 1.165) is 39.8 Å². The third kappa shape index (κ3) is 4.22. The Hall–Kier alpha value is -4.89. The van der Waals surface area contributed by atoms with Crippen molar-refractivity contribution in [1.29, 1.82) is 0 Å². The van der Waals surface area contributed by atoms with E-state index in [9.17, 15) is 0 Å². The van der Waals surface area contributed by atoms with Gasteiger partial charge >= 0.3 is 0 Å². The monoisotopic (exact) mass is 501 g/mol. The molecule has 0 saturated carbocycles. The minimum atomic E-state index is 0.676. The van der Waals surface area contributed by atoms with E-state index in [-0.39, 0.29) is 0 Å². The molecule has 0 saturated heterocycles. The van der Waals surface area contributed by atoms with E-state index >= 15 is 0 Å². The van der Waals surface area contributed by atoms with Gasteiger partial charge in [-0.15, -0.1) is 0 Å². The molecule has 1 aromatic heterocycles. The van der Waals surface area contributed by atoms with Crippen LogP contribution in [0.3, 0.4) is 0 Å². The zero-order chi connectivity index (χ0) is 26.3. The van der Waals surface area contributed by atoms with E-state index in [1.54, 1.807) is 0 Å². The van der Waals surface area contributed by atoms with Gasteiger partial charge in [0, 0.05) is 16.7 Å². The van der Waals surface area contributed by atoms with Crippen molar-refractivity contribution in [3.63, 3.8) is 0 Å². The number of hydrogen-bond donors (Lipinski definition) is 0. The molecule has 1 aliphatic carbocycles. The number of rotatable bonds is 4. The van der Waals surface area contributed by atoms with Gasteiger partial charge < -0.3 is 0 Å². The van der Waals surface area contributed by atoms with Gasteiger partial charge in [-0.1, -0.05) is 103 Å². The van der Waals surface area contributed by atoms with Gasteiger partial charge in [0.15, 0.2) is 17.5 Å². The normalized spacial score (nSPS) is 11.7. The molecule has 0 unspecified atom stereocenters. The van der Waals surface area contributed by atoms with Crippen LogP contribution in [0.25, 0.3) is 56.4 Å². The van der Waals surface area contributed by atoms with Crippen LogP contribution < -0.4 is 0 Å². The fourth-order valence-electron chi connectivity index (χ4n) is 5.53. The highest BCUT2D eigenvalue weighted by molar-refractivity contribution is 5.82. The minimum Gasteiger partial charge on any atom is -0.208 e. The van der Waals surface area contributed by atoms with E-state index in [2.05, 4.69) is 105 Å². The molecule has 5 aromatic carbocycles. The molecule has 0 bridgehead atoms. The zero-order valence-corrected chi connectivity index (χ0v) is 22.0. The maximum Gasteiger partial charge on any atom is 0.164 e. The average Bonchev–Trinajstić information content (AvgIpc) is 3.35. The Bertz CT molecular complexity index is 1800. The summed E-state index contributed by atoms with van der Waals surface area (Å²) in [5, 5.41) is 0. The van der Waals surface area contributed by atoms with Gasteiger partial charge in [-0.05, 0) is 76.9 Å². The zero-order valence-electron chi connectivity index (χ0n) is 22.0. The van der Waals surface area contributed by atoms with Crippen molar-refractivity contribution in [2.75, 3.05) is 0 Å². The highest BCUT2D eigenvalue weighted by atomic mass is 15.0. The van der Waals surface area contributed by atoms with Crippen LogP contribution in [0.5, 0.6) is 0 Å². The molecular formula is C36H27N3. The van der Waals surface area contributed by atoms with Gasteiger partial charge in [0.05, 0.1) is 0 Å². The molecular weight excluding hydrogens is 474 g/mol. The molecule has 7 rings (SSSR count). The second kappa shape index (κ2) is 9.45. The van der Waals surface area contributed by atoms with Gasteiger partial charge in [0.2, 0.25) is 0 Å². The van der Waals surface area contributed by atoms with Gasteiger partial charge in [0.25, 0.3) is 0 Å². The van der Waals surface area contributed by atoms with Crippen molar-refractivity contribution in [3.8, 4) is 56.4 Å². The quantitative estimate of drug-likeness (QED) is 0.242. The first-order valence-corrected chi connectivity index (χ1v) is 13.3. The van der Waals surface area contributed by atoms with Crippen molar-refractivity contribution < 1.29 is 0 Å². The highest BCUT2D eigenvalue weighted by Gasteiger charge is 2.19. The van der Waals surface area contributed by atoms with Gasteiger partial charge in [-0.2, -0.15) is 0 Å². The largest absolute Gasteiger partial charge is 0.208 e. The Morgan fingerprint density at radius 3 is 1.64 bits per heavy atom. The van der Waals surface area contributed by atoms with Crippen molar-refractivity contribution in [1.82, 2.24) is 15.0 Å². The van der Waals surface area contributed by atoms with Gasteiger partial charge in [-0.3, -0.25) is 0 Å². The molecule has 0 atom stereocenters. The Balaban J connectivity index is 1.36. The van der Waals surface area contributed by atoms with Crippen LogP contribution in [0.15, 0.2) is 115 Å². The smallest absolute Gasteiger partial charge is 0.164 e. The van der Waals surface area contributed by atoms with Crippen LogP contribution in [0.4, 0.5) is 0 Å². The average molecular weight is 502 g/mol. The Labute approximate surface area is 228 Å². The predicted molar refractivity (Wildman–Crippen MR) is 159 cm³/mol. The first-order chi connectivity index (χ1) is 19.1. The lowest BCUT2D eigenvalue weighted by molar-refractivity contribution is 1.07. The third-order valence-electron chi connectivity index (χ3n) is 7.66. The Kier molecular flexibility index (Phi) is 5.63. The molecule has 0 aliphatic heterocycles. The fourth-order valence-corrected chi connectivity index (χ4v) is 5.53. The number of fused-ring (bicyclic) bond motifs is 3. The lowest BCUT2D eigenvalue weighted by Gasteiger charge is -2.12. The number of nitrogens with zero attached hydrogens (tertiary/aromatic N) is 3. The summed E-state index contributed by atoms with van der Waals surface area (Å²) < 4.78 is 0. The van der Waals surface area contributed by atoms with Crippen LogP contribution in [-0.4, -0.2) is 15.0 Å². The summed E-state index contributed by atoms with van der Waals surface area (Å²) in [4.78, 5) is 14.9. The van der Waals surface area contributed by atoms with Crippen LogP contribution in [0.2, 0.25) is 0 Å². The molecule has 186 valence electrons. The van der Waals surface area contributed by atoms with E-state index < -0.39 is 0 Å². The van der Waals surface area contributed by atoms with E-state index in [1.165, 1.54) is 27.8 Å². The first-order valence-electron chi connectivity index (χ1n) is 13.3. The number of hydrogen-bond acceptors (Lipinski definition) is 3. The Morgan fingerprint density at radius 2 is 0.949 bits per heavy atom. The highest BCUT2D eigenvalue weighted by Crippen LogP contribution is 2.39. The summed E-state index contributed by atoms with van der Waals surface area (Å²) in [5.74, 6) is 2.06. The standard InChI is InChI=1S/C36H27N3/c1-23-10-3-6-15-30(23)35-37-34(38-36(39-35)31-16-7-4-11-24(31)2)29-14-9-13-25(20-29)26-18-19-28-21-27-12-5-8-17-32(27)33(28)22-26/h3-20,22H,21H2,1-2H3. The van der Waals surface area contributed by atoms with Crippen LogP contribution in [0.1, 0.15) is 22.3 Å². The molecule has 3 heteroatoms. The summed E-state index contributed by atoms with van der Waals surface area (Å²) in [6.45, 7) is 4.19. The fraction of sp³-hybridized carbons (Fsp3) is 0.0833. The molecule has 3 nitrogen and oxygen atoms in total. The summed E-state index contributed by atoms with van der Waals surface area (Å²) in [5.41, 5.74) is 13.1.